The Kier molecular flexibility index (Phi) is 2.07. The van der Waals surface area contributed by atoms with Crippen LogP contribution in [0.2, 0.25) is 5.02 Å². The standard InChI is InChI=1S/C7H6BClO4/c9-6-4(8(10)11)1-2-5-7(6)13-3-12-5/h1-2,10-11H,3H2. The third kappa shape index (κ3) is 1.35. The molecule has 6 heteroatoms. The Morgan fingerprint density at radius 3 is 2.77 bits per heavy atom. The zero-order valence-electron chi connectivity index (χ0n) is 6.53. The van der Waals surface area contributed by atoms with Gasteiger partial charge in [-0.25, -0.2) is 0 Å². The van der Waals surface area contributed by atoms with Gasteiger partial charge in [0.25, 0.3) is 0 Å². The quantitative estimate of drug-likeness (QED) is 0.614. The molecule has 0 amide bonds. The summed E-state index contributed by atoms with van der Waals surface area (Å²) < 4.78 is 10.1. The minimum Gasteiger partial charge on any atom is -0.454 e. The van der Waals surface area contributed by atoms with E-state index >= 15 is 0 Å². The van der Waals surface area contributed by atoms with Crippen molar-refractivity contribution in [3.8, 4) is 11.5 Å². The van der Waals surface area contributed by atoms with Crippen molar-refractivity contribution in [1.29, 1.82) is 0 Å². The Balaban J connectivity index is 2.52. The van der Waals surface area contributed by atoms with E-state index in [4.69, 9.17) is 31.1 Å². The van der Waals surface area contributed by atoms with Crippen LogP contribution in [-0.2, 0) is 0 Å². The smallest absolute Gasteiger partial charge is 0.454 e. The summed E-state index contributed by atoms with van der Waals surface area (Å²) in [5, 5.41) is 18.0. The van der Waals surface area contributed by atoms with Crippen LogP contribution in [0.15, 0.2) is 12.1 Å². The normalized spacial score (nSPS) is 13.2. The highest BCUT2D eigenvalue weighted by molar-refractivity contribution is 6.63. The number of hydrogen-bond donors (Lipinski definition) is 2. The van der Waals surface area contributed by atoms with E-state index in [9.17, 15) is 0 Å². The van der Waals surface area contributed by atoms with Crippen LogP contribution in [0, 0.1) is 0 Å². The molecule has 1 heterocycles. The Bertz CT molecular complexity index is 342. The van der Waals surface area contributed by atoms with E-state index in [1.165, 1.54) is 6.07 Å². The SMILES string of the molecule is OB(O)c1ccc2c(c1Cl)OCO2. The van der Waals surface area contributed by atoms with Crippen LogP contribution >= 0.6 is 11.6 Å². The number of hydrogen-bond acceptors (Lipinski definition) is 4. The average molecular weight is 200 g/mol. The molecule has 0 saturated carbocycles. The minimum absolute atomic E-state index is 0.111. The molecule has 0 atom stereocenters. The molecule has 2 N–H and O–H groups in total. The first-order chi connectivity index (χ1) is 6.20. The van der Waals surface area contributed by atoms with Gasteiger partial charge in [0.1, 0.15) is 0 Å². The summed E-state index contributed by atoms with van der Waals surface area (Å²) >= 11 is 5.82. The van der Waals surface area contributed by atoms with Crippen molar-refractivity contribution in [3.05, 3.63) is 17.2 Å². The van der Waals surface area contributed by atoms with Crippen LogP contribution < -0.4 is 14.9 Å². The van der Waals surface area contributed by atoms with Crippen molar-refractivity contribution in [2.75, 3.05) is 6.79 Å². The highest BCUT2D eigenvalue weighted by Gasteiger charge is 2.24. The number of rotatable bonds is 1. The van der Waals surface area contributed by atoms with Crippen molar-refractivity contribution in [3.63, 3.8) is 0 Å². The lowest BCUT2D eigenvalue weighted by molar-refractivity contribution is 0.174. The van der Waals surface area contributed by atoms with E-state index in [0.29, 0.717) is 11.5 Å². The van der Waals surface area contributed by atoms with Crippen LogP contribution in [0.4, 0.5) is 0 Å². The lowest BCUT2D eigenvalue weighted by Crippen LogP contribution is -2.30. The molecule has 68 valence electrons. The second kappa shape index (κ2) is 3.10. The number of halogens is 1. The largest absolute Gasteiger partial charge is 0.490 e. The molecule has 1 aromatic rings. The van der Waals surface area contributed by atoms with Gasteiger partial charge in [-0.2, -0.15) is 0 Å². The zero-order valence-corrected chi connectivity index (χ0v) is 7.28. The predicted molar refractivity (Wildman–Crippen MR) is 47.4 cm³/mol. The Morgan fingerprint density at radius 2 is 2.08 bits per heavy atom. The Hall–Kier alpha value is -0.905. The van der Waals surface area contributed by atoms with Crippen molar-refractivity contribution in [2.24, 2.45) is 0 Å². The fourth-order valence-corrected chi connectivity index (χ4v) is 1.46. The predicted octanol–water partition coefficient (Wildman–Crippen LogP) is -0.252. The molecule has 0 saturated heterocycles. The van der Waals surface area contributed by atoms with Gasteiger partial charge in [0.2, 0.25) is 6.79 Å². The van der Waals surface area contributed by atoms with Crippen molar-refractivity contribution in [1.82, 2.24) is 0 Å². The molecule has 0 fully saturated rings. The second-order valence-electron chi connectivity index (χ2n) is 2.58. The van der Waals surface area contributed by atoms with Gasteiger partial charge in [-0.15, -0.1) is 0 Å². The molecule has 4 nitrogen and oxygen atoms in total. The maximum Gasteiger partial charge on any atom is 0.490 e. The molecule has 1 aliphatic rings. The van der Waals surface area contributed by atoms with E-state index in [-0.39, 0.29) is 17.3 Å². The molecule has 0 radical (unpaired) electrons. The summed E-state index contributed by atoms with van der Waals surface area (Å²) in [4.78, 5) is 0. The number of ether oxygens (including phenoxy) is 2. The van der Waals surface area contributed by atoms with Gasteiger partial charge < -0.3 is 19.5 Å². The van der Waals surface area contributed by atoms with E-state index in [1.807, 2.05) is 0 Å². The maximum atomic E-state index is 8.91. The van der Waals surface area contributed by atoms with Gasteiger partial charge in [0.05, 0.1) is 5.02 Å². The molecule has 2 rings (SSSR count). The Morgan fingerprint density at radius 1 is 1.31 bits per heavy atom. The number of benzene rings is 1. The third-order valence-corrected chi connectivity index (χ3v) is 2.18. The van der Waals surface area contributed by atoms with Gasteiger partial charge in [0, 0.05) is 5.46 Å². The van der Waals surface area contributed by atoms with Crippen LogP contribution in [0.25, 0.3) is 0 Å². The molecular formula is C7H6BClO4. The summed E-state index contributed by atoms with van der Waals surface area (Å²) in [6.07, 6.45) is 0. The van der Waals surface area contributed by atoms with Crippen molar-refractivity contribution < 1.29 is 19.5 Å². The second-order valence-corrected chi connectivity index (χ2v) is 2.95. The van der Waals surface area contributed by atoms with Crippen LogP contribution in [0.5, 0.6) is 11.5 Å². The highest BCUT2D eigenvalue weighted by atomic mass is 35.5. The van der Waals surface area contributed by atoms with Crippen LogP contribution in [-0.4, -0.2) is 24.0 Å². The third-order valence-electron chi connectivity index (χ3n) is 1.79. The van der Waals surface area contributed by atoms with E-state index in [2.05, 4.69) is 0 Å². The number of fused-ring (bicyclic) bond motifs is 1. The first-order valence-corrected chi connectivity index (χ1v) is 4.02. The highest BCUT2D eigenvalue weighted by Crippen LogP contribution is 2.37. The van der Waals surface area contributed by atoms with Crippen LogP contribution in [0.3, 0.4) is 0 Å². The lowest BCUT2D eigenvalue weighted by atomic mass is 9.80. The summed E-state index contributed by atoms with van der Waals surface area (Å²) in [7, 11) is -1.60. The molecule has 0 bridgehead atoms. The summed E-state index contributed by atoms with van der Waals surface area (Å²) in [6, 6.07) is 3.07. The molecule has 1 aliphatic heterocycles. The Labute approximate surface area is 79.8 Å². The maximum absolute atomic E-state index is 8.91. The summed E-state index contributed by atoms with van der Waals surface area (Å²) in [5.74, 6) is 0.890. The van der Waals surface area contributed by atoms with Gasteiger partial charge in [-0.1, -0.05) is 17.7 Å². The zero-order chi connectivity index (χ0) is 9.42. The lowest BCUT2D eigenvalue weighted by Gasteiger charge is -2.04. The fourth-order valence-electron chi connectivity index (χ4n) is 1.15. The molecular weight excluding hydrogens is 194 g/mol. The minimum atomic E-state index is -1.60. The molecule has 0 spiro atoms. The molecule has 13 heavy (non-hydrogen) atoms. The van der Waals surface area contributed by atoms with Crippen molar-refractivity contribution in [2.45, 2.75) is 0 Å². The molecule has 0 aromatic heterocycles. The van der Waals surface area contributed by atoms with Gasteiger partial charge in [-0.05, 0) is 6.07 Å². The monoisotopic (exact) mass is 200 g/mol. The van der Waals surface area contributed by atoms with Gasteiger partial charge >= 0.3 is 7.12 Å². The van der Waals surface area contributed by atoms with E-state index < -0.39 is 7.12 Å². The molecule has 1 aromatic carbocycles. The summed E-state index contributed by atoms with van der Waals surface area (Å²) in [6.45, 7) is 0.111. The molecule has 0 unspecified atom stereocenters. The first-order valence-electron chi connectivity index (χ1n) is 3.64. The first kappa shape index (κ1) is 8.68. The summed E-state index contributed by atoms with van der Waals surface area (Å²) in [5.41, 5.74) is 0.214. The topological polar surface area (TPSA) is 58.9 Å². The fraction of sp³-hybridized carbons (Fsp3) is 0.143. The van der Waals surface area contributed by atoms with Crippen LogP contribution in [0.1, 0.15) is 0 Å². The van der Waals surface area contributed by atoms with E-state index in [1.54, 1.807) is 6.07 Å². The molecule has 0 aliphatic carbocycles. The van der Waals surface area contributed by atoms with Gasteiger partial charge in [0.15, 0.2) is 11.5 Å². The van der Waals surface area contributed by atoms with Crippen molar-refractivity contribution >= 4 is 24.2 Å². The average Bonchev–Trinajstić information content (AvgIpc) is 2.52. The van der Waals surface area contributed by atoms with Gasteiger partial charge in [-0.3, -0.25) is 0 Å². The van der Waals surface area contributed by atoms with E-state index in [0.717, 1.165) is 0 Å².